The van der Waals surface area contributed by atoms with Crippen LogP contribution in [0, 0.1) is 11.3 Å². The van der Waals surface area contributed by atoms with Crippen LogP contribution in [0.3, 0.4) is 0 Å². The number of aromatic amines is 1. The molecule has 4 rings (SSSR count). The summed E-state index contributed by atoms with van der Waals surface area (Å²) >= 11 is 0. The number of sulfonamides is 1. The van der Waals surface area contributed by atoms with Crippen LogP contribution < -0.4 is 9.46 Å². The Kier molecular flexibility index (Phi) is 6.91. The number of nitriles is 1. The van der Waals surface area contributed by atoms with Crippen molar-refractivity contribution in [1.82, 2.24) is 14.7 Å². The number of carbonyl (C=O) groups is 1. The van der Waals surface area contributed by atoms with Gasteiger partial charge >= 0.3 is 5.97 Å². The topological polar surface area (TPSA) is 134 Å². The summed E-state index contributed by atoms with van der Waals surface area (Å²) in [5.74, 6) is -0.388. The molecule has 0 radical (unpaired) electrons. The van der Waals surface area contributed by atoms with Gasteiger partial charge < -0.3 is 14.5 Å². The molecule has 0 saturated heterocycles. The Hall–Kier alpha value is -3.68. The van der Waals surface area contributed by atoms with Gasteiger partial charge in [0.2, 0.25) is 10.0 Å². The van der Waals surface area contributed by atoms with Crippen molar-refractivity contribution in [3.63, 3.8) is 0 Å². The van der Waals surface area contributed by atoms with Gasteiger partial charge in [0.05, 0.1) is 30.7 Å². The van der Waals surface area contributed by atoms with Crippen LogP contribution in [0.15, 0.2) is 42.6 Å². The number of nitrogens with one attached hydrogen (secondary N) is 2. The van der Waals surface area contributed by atoms with Gasteiger partial charge in [-0.2, -0.15) is 5.26 Å². The number of methoxy groups -OCH3 is 1. The van der Waals surface area contributed by atoms with Crippen LogP contribution in [-0.2, 0) is 26.0 Å². The molecule has 1 unspecified atom stereocenters. The van der Waals surface area contributed by atoms with Crippen molar-refractivity contribution in [2.24, 2.45) is 0 Å². The number of carbonyl (C=O) groups excluding carboxylic acids is 1. The third-order valence-corrected chi connectivity index (χ3v) is 6.99. The standard InChI is InChI=1S/C25H26N4O5S/c1-15(2)34-23-10-7-16(11-17(23)12-26)25-27-13-22(28-25)20-6-4-5-19-18(20)8-9-21(19)29-35(31,32)14-24(30)33-3/h4-7,10-11,13,15,21,29H,8-9,14H2,1-3H3,(H,27,28). The molecule has 0 fully saturated rings. The molecule has 182 valence electrons. The van der Waals surface area contributed by atoms with Gasteiger partial charge in [0.25, 0.3) is 0 Å². The number of H-pyrrole nitrogens is 1. The monoisotopic (exact) mass is 494 g/mol. The van der Waals surface area contributed by atoms with E-state index >= 15 is 0 Å². The van der Waals surface area contributed by atoms with Crippen molar-refractivity contribution in [3.05, 3.63) is 59.3 Å². The summed E-state index contributed by atoms with van der Waals surface area (Å²) in [6, 6.07) is 12.8. The normalized spacial score (nSPS) is 15.0. The molecule has 1 atom stereocenters. The highest BCUT2D eigenvalue weighted by atomic mass is 32.2. The fraction of sp³-hybridized carbons (Fsp3) is 0.320. The van der Waals surface area contributed by atoms with Gasteiger partial charge in [0.1, 0.15) is 17.6 Å². The smallest absolute Gasteiger partial charge is 0.322 e. The summed E-state index contributed by atoms with van der Waals surface area (Å²) in [7, 11) is -2.67. The molecular formula is C25H26N4O5S. The largest absolute Gasteiger partial charge is 0.490 e. The molecule has 9 nitrogen and oxygen atoms in total. The quantitative estimate of drug-likeness (QED) is 0.458. The summed E-state index contributed by atoms with van der Waals surface area (Å²) in [5.41, 5.74) is 4.79. The number of hydrogen-bond acceptors (Lipinski definition) is 7. The average Bonchev–Trinajstić information content (AvgIpc) is 3.46. The first-order valence-corrected chi connectivity index (χ1v) is 12.8. The Balaban J connectivity index is 1.60. The van der Waals surface area contributed by atoms with E-state index in [0.29, 0.717) is 30.0 Å². The van der Waals surface area contributed by atoms with E-state index in [9.17, 15) is 18.5 Å². The molecule has 2 N–H and O–H groups in total. The molecule has 0 aliphatic heterocycles. The van der Waals surface area contributed by atoms with Crippen molar-refractivity contribution in [1.29, 1.82) is 5.26 Å². The number of aromatic nitrogens is 2. The highest BCUT2D eigenvalue weighted by Crippen LogP contribution is 2.38. The molecule has 10 heteroatoms. The lowest BCUT2D eigenvalue weighted by Gasteiger charge is -2.14. The van der Waals surface area contributed by atoms with Gasteiger partial charge in [0.15, 0.2) is 5.75 Å². The molecule has 1 aliphatic carbocycles. The number of imidazole rings is 1. The minimum atomic E-state index is -3.83. The van der Waals surface area contributed by atoms with E-state index in [0.717, 1.165) is 35.1 Å². The molecule has 1 heterocycles. The zero-order valence-corrected chi connectivity index (χ0v) is 20.5. The minimum absolute atomic E-state index is 0.0443. The second kappa shape index (κ2) is 9.90. The van der Waals surface area contributed by atoms with Gasteiger partial charge in [-0.1, -0.05) is 18.2 Å². The Morgan fingerprint density at radius 1 is 1.31 bits per heavy atom. The highest BCUT2D eigenvalue weighted by Gasteiger charge is 2.30. The molecule has 0 spiro atoms. The lowest BCUT2D eigenvalue weighted by Crippen LogP contribution is -2.33. The summed E-state index contributed by atoms with van der Waals surface area (Å²) in [6.07, 6.45) is 2.93. The molecule has 2 aromatic carbocycles. The fourth-order valence-corrected chi connectivity index (χ4v) is 5.42. The van der Waals surface area contributed by atoms with Gasteiger partial charge in [-0.15, -0.1) is 0 Å². The van der Waals surface area contributed by atoms with E-state index in [-0.39, 0.29) is 6.10 Å². The molecule has 0 saturated carbocycles. The zero-order chi connectivity index (χ0) is 25.2. The van der Waals surface area contributed by atoms with Gasteiger partial charge in [-0.3, -0.25) is 4.79 Å². The maximum Gasteiger partial charge on any atom is 0.322 e. The average molecular weight is 495 g/mol. The Morgan fingerprint density at radius 3 is 2.83 bits per heavy atom. The molecule has 1 aliphatic rings. The van der Waals surface area contributed by atoms with E-state index in [1.165, 1.54) is 0 Å². The second-order valence-corrected chi connectivity index (χ2v) is 10.3. The first-order chi connectivity index (χ1) is 16.7. The van der Waals surface area contributed by atoms with Gasteiger partial charge in [-0.25, -0.2) is 18.1 Å². The predicted molar refractivity (Wildman–Crippen MR) is 130 cm³/mol. The number of nitrogens with zero attached hydrogens (tertiary/aromatic N) is 2. The number of ether oxygens (including phenoxy) is 2. The Bertz CT molecular complexity index is 1410. The van der Waals surface area contributed by atoms with Crippen molar-refractivity contribution >= 4 is 16.0 Å². The second-order valence-electron chi connectivity index (χ2n) is 8.55. The SMILES string of the molecule is COC(=O)CS(=O)(=O)NC1CCc2c(-c3cnc(-c4ccc(OC(C)C)c(C#N)c4)[nH]3)cccc21. The van der Waals surface area contributed by atoms with Crippen LogP contribution in [0.1, 0.15) is 43.0 Å². The third-order valence-electron chi connectivity index (χ3n) is 5.73. The van der Waals surface area contributed by atoms with Crippen LogP contribution in [0.2, 0.25) is 0 Å². The van der Waals surface area contributed by atoms with E-state index in [2.05, 4.69) is 25.5 Å². The molecule has 1 aromatic heterocycles. The lowest BCUT2D eigenvalue weighted by atomic mass is 10.0. The Morgan fingerprint density at radius 2 is 2.11 bits per heavy atom. The summed E-state index contributed by atoms with van der Waals surface area (Å²) in [5, 5.41) is 9.52. The molecule has 0 bridgehead atoms. The van der Waals surface area contributed by atoms with E-state index < -0.39 is 27.8 Å². The summed E-state index contributed by atoms with van der Waals surface area (Å²) in [4.78, 5) is 19.3. The first-order valence-electron chi connectivity index (χ1n) is 11.2. The number of hydrogen-bond donors (Lipinski definition) is 2. The highest BCUT2D eigenvalue weighted by molar-refractivity contribution is 7.90. The minimum Gasteiger partial charge on any atom is -0.490 e. The lowest BCUT2D eigenvalue weighted by molar-refractivity contribution is -0.137. The predicted octanol–water partition coefficient (Wildman–Crippen LogP) is 3.48. The van der Waals surface area contributed by atoms with Crippen LogP contribution in [0.25, 0.3) is 22.6 Å². The van der Waals surface area contributed by atoms with E-state index in [1.807, 2.05) is 38.1 Å². The zero-order valence-electron chi connectivity index (χ0n) is 19.7. The molecule has 3 aromatic rings. The van der Waals surface area contributed by atoms with Crippen molar-refractivity contribution in [3.8, 4) is 34.5 Å². The van der Waals surface area contributed by atoms with Crippen molar-refractivity contribution in [2.75, 3.05) is 12.9 Å². The first kappa shape index (κ1) is 24.4. The number of fused-ring (bicyclic) bond motifs is 1. The maximum absolute atomic E-state index is 12.4. The van der Waals surface area contributed by atoms with Crippen LogP contribution >= 0.6 is 0 Å². The molecule has 0 amide bonds. The molecular weight excluding hydrogens is 468 g/mol. The van der Waals surface area contributed by atoms with Gasteiger partial charge in [0, 0.05) is 17.2 Å². The van der Waals surface area contributed by atoms with E-state index in [1.54, 1.807) is 18.3 Å². The van der Waals surface area contributed by atoms with E-state index in [4.69, 9.17) is 4.74 Å². The van der Waals surface area contributed by atoms with Crippen molar-refractivity contribution in [2.45, 2.75) is 38.8 Å². The molecule has 35 heavy (non-hydrogen) atoms. The summed E-state index contributed by atoms with van der Waals surface area (Å²) < 4.78 is 37.5. The maximum atomic E-state index is 12.4. The summed E-state index contributed by atoms with van der Waals surface area (Å²) in [6.45, 7) is 3.81. The third kappa shape index (κ3) is 5.37. The number of benzene rings is 2. The van der Waals surface area contributed by atoms with Crippen LogP contribution in [-0.4, -0.2) is 43.3 Å². The van der Waals surface area contributed by atoms with Crippen LogP contribution in [0.4, 0.5) is 0 Å². The number of esters is 1. The van der Waals surface area contributed by atoms with Crippen molar-refractivity contribution < 1.29 is 22.7 Å². The number of rotatable bonds is 8. The Labute approximate surface area is 204 Å². The fourth-order valence-electron chi connectivity index (χ4n) is 4.23. The van der Waals surface area contributed by atoms with Crippen LogP contribution in [0.5, 0.6) is 5.75 Å². The van der Waals surface area contributed by atoms with Gasteiger partial charge in [-0.05, 0) is 56.0 Å².